The molecule has 19 heavy (non-hydrogen) atoms. The van der Waals surface area contributed by atoms with Crippen molar-refractivity contribution in [3.05, 3.63) is 63.4 Å². The van der Waals surface area contributed by atoms with Gasteiger partial charge in [0, 0.05) is 6.20 Å². The first-order valence-corrected chi connectivity index (χ1v) is 6.77. The van der Waals surface area contributed by atoms with Gasteiger partial charge in [-0.1, -0.05) is 54.4 Å². The van der Waals surface area contributed by atoms with E-state index in [9.17, 15) is 0 Å². The molecule has 0 saturated heterocycles. The maximum Gasteiger partial charge on any atom is 0.0896 e. The topological polar surface area (TPSA) is 50.9 Å². The second-order valence-electron chi connectivity index (χ2n) is 4.22. The van der Waals surface area contributed by atoms with Crippen LogP contribution >= 0.6 is 23.2 Å². The molecule has 2 rings (SSSR count). The number of nitrogens with two attached hydrogens (primary N) is 1. The van der Waals surface area contributed by atoms with Gasteiger partial charge in [-0.2, -0.15) is 0 Å². The summed E-state index contributed by atoms with van der Waals surface area (Å²) in [6.07, 6.45) is 2.53. The van der Waals surface area contributed by atoms with Gasteiger partial charge in [0.1, 0.15) is 0 Å². The largest absolute Gasteiger partial charge is 0.271 e. The van der Waals surface area contributed by atoms with Crippen molar-refractivity contribution < 1.29 is 0 Å². The van der Waals surface area contributed by atoms with Crippen LogP contribution in [0.15, 0.2) is 36.5 Å². The molecule has 0 aliphatic rings. The molecule has 0 aliphatic carbocycles. The molecule has 1 heterocycles. The molecule has 0 radical (unpaired) electrons. The van der Waals surface area contributed by atoms with E-state index >= 15 is 0 Å². The molecule has 5 heteroatoms. The molecule has 2 aromatic rings. The van der Waals surface area contributed by atoms with Crippen LogP contribution in [0.25, 0.3) is 0 Å². The van der Waals surface area contributed by atoms with Crippen LogP contribution in [-0.4, -0.2) is 4.98 Å². The standard InChI is InChI=1S/C14H15Cl2N3/c1-2-9-4-3-5-10(6-9)13(19-17)14-12(16)7-11(15)8-18-14/h3-8,13,19H,2,17H2,1H3. The first-order chi connectivity index (χ1) is 9.15. The lowest BCUT2D eigenvalue weighted by molar-refractivity contribution is 0.620. The zero-order valence-corrected chi connectivity index (χ0v) is 12.0. The molecule has 0 spiro atoms. The van der Waals surface area contributed by atoms with E-state index in [0.29, 0.717) is 15.7 Å². The Balaban J connectivity index is 2.43. The van der Waals surface area contributed by atoms with Crippen molar-refractivity contribution in [2.75, 3.05) is 0 Å². The number of hydrogen-bond acceptors (Lipinski definition) is 3. The molecule has 1 unspecified atom stereocenters. The number of aromatic nitrogens is 1. The maximum atomic E-state index is 6.18. The number of nitrogens with zero attached hydrogens (tertiary/aromatic N) is 1. The third-order valence-electron chi connectivity index (χ3n) is 2.97. The van der Waals surface area contributed by atoms with E-state index in [4.69, 9.17) is 29.0 Å². The first kappa shape index (κ1) is 14.3. The second-order valence-corrected chi connectivity index (χ2v) is 5.06. The Kier molecular flexibility index (Phi) is 4.77. The molecular formula is C14H15Cl2N3. The van der Waals surface area contributed by atoms with E-state index in [1.165, 1.54) is 5.56 Å². The number of hydrogen-bond donors (Lipinski definition) is 2. The van der Waals surface area contributed by atoms with E-state index in [-0.39, 0.29) is 6.04 Å². The minimum Gasteiger partial charge on any atom is -0.271 e. The van der Waals surface area contributed by atoms with Gasteiger partial charge in [0.05, 0.1) is 21.8 Å². The lowest BCUT2D eigenvalue weighted by Gasteiger charge is -2.18. The van der Waals surface area contributed by atoms with Gasteiger partial charge in [-0.25, -0.2) is 5.43 Å². The molecule has 1 aromatic heterocycles. The zero-order valence-electron chi connectivity index (χ0n) is 10.5. The Morgan fingerprint density at radius 1 is 1.32 bits per heavy atom. The minimum atomic E-state index is -0.253. The van der Waals surface area contributed by atoms with Crippen LogP contribution in [-0.2, 0) is 6.42 Å². The maximum absolute atomic E-state index is 6.18. The van der Waals surface area contributed by atoms with Gasteiger partial charge >= 0.3 is 0 Å². The number of aryl methyl sites for hydroxylation is 1. The van der Waals surface area contributed by atoms with Crippen LogP contribution in [0.4, 0.5) is 0 Å². The molecular weight excluding hydrogens is 281 g/mol. The van der Waals surface area contributed by atoms with E-state index in [0.717, 1.165) is 12.0 Å². The predicted octanol–water partition coefficient (Wildman–Crippen LogP) is 3.50. The van der Waals surface area contributed by atoms with Crippen molar-refractivity contribution in [2.45, 2.75) is 19.4 Å². The normalized spacial score (nSPS) is 12.4. The van der Waals surface area contributed by atoms with Crippen LogP contribution in [0.2, 0.25) is 10.0 Å². The first-order valence-electron chi connectivity index (χ1n) is 6.01. The van der Waals surface area contributed by atoms with E-state index in [1.807, 2.05) is 12.1 Å². The highest BCUT2D eigenvalue weighted by Gasteiger charge is 2.17. The van der Waals surface area contributed by atoms with Crippen molar-refractivity contribution in [1.29, 1.82) is 0 Å². The lowest BCUT2D eigenvalue weighted by atomic mass is 10.0. The van der Waals surface area contributed by atoms with Crippen molar-refractivity contribution in [3.8, 4) is 0 Å². The van der Waals surface area contributed by atoms with Gasteiger partial charge in [-0.15, -0.1) is 0 Å². The molecule has 0 aliphatic heterocycles. The average Bonchev–Trinajstić information content (AvgIpc) is 2.42. The highest BCUT2D eigenvalue weighted by Crippen LogP contribution is 2.28. The molecule has 3 N–H and O–H groups in total. The predicted molar refractivity (Wildman–Crippen MR) is 79.2 cm³/mol. The van der Waals surface area contributed by atoms with Gasteiger partial charge in [-0.3, -0.25) is 10.8 Å². The highest BCUT2D eigenvalue weighted by atomic mass is 35.5. The van der Waals surface area contributed by atoms with Gasteiger partial charge < -0.3 is 0 Å². The fraction of sp³-hybridized carbons (Fsp3) is 0.214. The van der Waals surface area contributed by atoms with Crippen LogP contribution in [0.3, 0.4) is 0 Å². The third-order valence-corrected chi connectivity index (χ3v) is 3.48. The van der Waals surface area contributed by atoms with Gasteiger partial charge in [0.2, 0.25) is 0 Å². The van der Waals surface area contributed by atoms with E-state index in [2.05, 4.69) is 29.5 Å². The molecule has 0 saturated carbocycles. The van der Waals surface area contributed by atoms with Crippen LogP contribution in [0.5, 0.6) is 0 Å². The minimum absolute atomic E-state index is 0.253. The highest BCUT2D eigenvalue weighted by molar-refractivity contribution is 6.34. The van der Waals surface area contributed by atoms with Crippen molar-refractivity contribution >= 4 is 23.2 Å². The molecule has 100 valence electrons. The lowest BCUT2D eigenvalue weighted by Crippen LogP contribution is -2.29. The number of hydrazine groups is 1. The summed E-state index contributed by atoms with van der Waals surface area (Å²) in [6, 6.07) is 9.58. The number of nitrogens with one attached hydrogen (secondary N) is 1. The fourth-order valence-electron chi connectivity index (χ4n) is 1.96. The Labute approximate surface area is 122 Å². The van der Waals surface area contributed by atoms with Gasteiger partial charge in [0.25, 0.3) is 0 Å². The molecule has 0 bridgehead atoms. The summed E-state index contributed by atoms with van der Waals surface area (Å²) in [5.74, 6) is 5.65. The van der Waals surface area contributed by atoms with Crippen molar-refractivity contribution in [2.24, 2.45) is 5.84 Å². The van der Waals surface area contributed by atoms with Crippen LogP contribution < -0.4 is 11.3 Å². The van der Waals surface area contributed by atoms with Crippen LogP contribution in [0.1, 0.15) is 29.8 Å². The summed E-state index contributed by atoms with van der Waals surface area (Å²) in [5, 5.41) is 1.00. The molecule has 3 nitrogen and oxygen atoms in total. The Morgan fingerprint density at radius 3 is 2.74 bits per heavy atom. The Hall–Kier alpha value is -1.13. The average molecular weight is 296 g/mol. The molecule has 1 atom stereocenters. The number of rotatable bonds is 4. The fourth-order valence-corrected chi connectivity index (χ4v) is 2.45. The summed E-state index contributed by atoms with van der Waals surface area (Å²) < 4.78 is 0. The number of benzene rings is 1. The SMILES string of the molecule is CCc1cccc(C(NN)c2ncc(Cl)cc2Cl)c1. The number of pyridine rings is 1. The Bertz CT molecular complexity index is 572. The molecule has 0 fully saturated rings. The second kappa shape index (κ2) is 6.35. The molecule has 0 amide bonds. The zero-order chi connectivity index (χ0) is 13.8. The summed E-state index contributed by atoms with van der Waals surface area (Å²) >= 11 is 12.0. The van der Waals surface area contributed by atoms with E-state index in [1.54, 1.807) is 12.3 Å². The molecule has 1 aromatic carbocycles. The summed E-state index contributed by atoms with van der Waals surface area (Å²) in [7, 11) is 0. The summed E-state index contributed by atoms with van der Waals surface area (Å²) in [4.78, 5) is 4.27. The van der Waals surface area contributed by atoms with Crippen molar-refractivity contribution in [1.82, 2.24) is 10.4 Å². The number of halogens is 2. The van der Waals surface area contributed by atoms with Crippen molar-refractivity contribution in [3.63, 3.8) is 0 Å². The van der Waals surface area contributed by atoms with Gasteiger partial charge in [-0.05, 0) is 23.6 Å². The van der Waals surface area contributed by atoms with Gasteiger partial charge in [0.15, 0.2) is 0 Å². The van der Waals surface area contributed by atoms with Crippen LogP contribution in [0, 0.1) is 0 Å². The van der Waals surface area contributed by atoms with E-state index < -0.39 is 0 Å². The third kappa shape index (κ3) is 3.25. The Morgan fingerprint density at radius 2 is 2.11 bits per heavy atom. The monoisotopic (exact) mass is 295 g/mol. The quantitative estimate of drug-likeness (QED) is 0.670. The summed E-state index contributed by atoms with van der Waals surface area (Å²) in [6.45, 7) is 2.11. The smallest absolute Gasteiger partial charge is 0.0896 e. The summed E-state index contributed by atoms with van der Waals surface area (Å²) in [5.41, 5.74) is 5.69.